The van der Waals surface area contributed by atoms with Gasteiger partial charge < -0.3 is 23.8 Å². The van der Waals surface area contributed by atoms with Gasteiger partial charge in [-0.3, -0.25) is 4.79 Å². The molecule has 0 N–H and O–H groups in total. The highest BCUT2D eigenvalue weighted by Crippen LogP contribution is 2.43. The Morgan fingerprint density at radius 3 is 2.24 bits per heavy atom. The van der Waals surface area contributed by atoms with Crippen LogP contribution in [0.5, 0.6) is 17.2 Å². The van der Waals surface area contributed by atoms with E-state index >= 15 is 0 Å². The molecular weight excluding hydrogens is 418 g/mol. The van der Waals surface area contributed by atoms with Crippen LogP contribution in [0.3, 0.4) is 0 Å². The van der Waals surface area contributed by atoms with E-state index in [4.69, 9.17) is 18.9 Å². The average Bonchev–Trinajstić information content (AvgIpc) is 2.86. The van der Waals surface area contributed by atoms with Crippen LogP contribution in [-0.4, -0.2) is 45.3 Å². The molecule has 0 saturated heterocycles. The first-order chi connectivity index (χ1) is 16.0. The van der Waals surface area contributed by atoms with E-state index < -0.39 is 0 Å². The van der Waals surface area contributed by atoms with E-state index in [0.29, 0.717) is 30.9 Å². The second-order valence-electron chi connectivity index (χ2n) is 8.06. The normalized spacial score (nSPS) is 15.2. The highest BCUT2D eigenvalue weighted by molar-refractivity contribution is 6.12. The minimum Gasteiger partial charge on any atom is -0.497 e. The van der Waals surface area contributed by atoms with Crippen LogP contribution in [0.15, 0.2) is 55.3 Å². The minimum absolute atomic E-state index is 0.0543. The molecule has 0 saturated carbocycles. The van der Waals surface area contributed by atoms with Crippen LogP contribution in [0.25, 0.3) is 21.5 Å². The molecule has 1 amide bonds. The van der Waals surface area contributed by atoms with Gasteiger partial charge in [-0.25, -0.2) is 0 Å². The van der Waals surface area contributed by atoms with Gasteiger partial charge in [-0.05, 0) is 69.8 Å². The van der Waals surface area contributed by atoms with Crippen molar-refractivity contribution in [2.24, 2.45) is 0 Å². The summed E-state index contributed by atoms with van der Waals surface area (Å²) in [5.41, 5.74) is 2.30. The Labute approximate surface area is 194 Å². The summed E-state index contributed by atoms with van der Waals surface area (Å²) in [7, 11) is 6.39. The highest BCUT2D eigenvalue weighted by atomic mass is 16.5. The van der Waals surface area contributed by atoms with E-state index in [1.807, 2.05) is 35.2 Å². The molecule has 3 aromatic carbocycles. The van der Waals surface area contributed by atoms with Crippen molar-refractivity contribution >= 4 is 27.5 Å². The molecule has 33 heavy (non-hydrogen) atoms. The van der Waals surface area contributed by atoms with E-state index in [1.54, 1.807) is 21.3 Å². The minimum atomic E-state index is -0.205. The molecule has 1 heterocycles. The molecule has 0 unspecified atom stereocenters. The molecule has 3 aromatic rings. The van der Waals surface area contributed by atoms with Crippen molar-refractivity contribution in [1.82, 2.24) is 4.90 Å². The van der Waals surface area contributed by atoms with Crippen LogP contribution in [-0.2, 0) is 22.5 Å². The molecule has 0 aromatic heterocycles. The molecule has 0 aliphatic carbocycles. The van der Waals surface area contributed by atoms with E-state index in [-0.39, 0.29) is 17.7 Å². The molecule has 0 spiro atoms. The number of methoxy groups -OCH3 is 4. The molecule has 0 fully saturated rings. The Hall–Kier alpha value is -3.67. The molecular formula is C27H29NO5. The SMILES string of the molecule is C=CC[C@@H]1Cc2c(c3ccc(OC)cc3c3cc(OC)c(OC)cc23)CN1C(=O)C(=C)OC. The Morgan fingerprint density at radius 2 is 1.64 bits per heavy atom. The number of amides is 1. The summed E-state index contributed by atoms with van der Waals surface area (Å²) in [5.74, 6) is 2.02. The fourth-order valence-electron chi connectivity index (χ4n) is 4.76. The van der Waals surface area contributed by atoms with Crippen LogP contribution >= 0.6 is 0 Å². The number of nitrogens with zero attached hydrogens (tertiary/aromatic N) is 1. The number of ether oxygens (including phenoxy) is 4. The van der Waals surface area contributed by atoms with E-state index in [9.17, 15) is 4.79 Å². The van der Waals surface area contributed by atoms with Gasteiger partial charge in [-0.1, -0.05) is 18.7 Å². The van der Waals surface area contributed by atoms with Crippen LogP contribution in [0.2, 0.25) is 0 Å². The lowest BCUT2D eigenvalue weighted by molar-refractivity contribution is -0.133. The Morgan fingerprint density at radius 1 is 0.970 bits per heavy atom. The Balaban J connectivity index is 2.04. The van der Waals surface area contributed by atoms with E-state index in [1.165, 1.54) is 12.7 Å². The van der Waals surface area contributed by atoms with Gasteiger partial charge in [0.05, 0.1) is 28.4 Å². The van der Waals surface area contributed by atoms with Gasteiger partial charge in [0, 0.05) is 12.6 Å². The first kappa shape index (κ1) is 22.5. The summed E-state index contributed by atoms with van der Waals surface area (Å²) in [5, 5.41) is 4.24. The molecule has 6 heteroatoms. The second-order valence-corrected chi connectivity index (χ2v) is 8.06. The molecule has 4 rings (SSSR count). The fourth-order valence-corrected chi connectivity index (χ4v) is 4.76. The topological polar surface area (TPSA) is 57.2 Å². The standard InChI is InChI=1S/C27H29NO5/c1-7-8-17-11-20-22-13-25(32-5)26(33-6)14-23(22)21-12-18(31-4)9-10-19(21)24(20)15-28(17)27(29)16(2)30-3/h7,9-10,12-14,17H,1-2,8,11,15H2,3-6H3/t17-/m1/s1. The maximum absolute atomic E-state index is 13.1. The summed E-state index contributed by atoms with van der Waals surface area (Å²) in [6.45, 7) is 8.14. The number of hydrogen-bond donors (Lipinski definition) is 0. The first-order valence-electron chi connectivity index (χ1n) is 10.8. The average molecular weight is 448 g/mol. The van der Waals surface area contributed by atoms with Gasteiger partial charge in [-0.15, -0.1) is 6.58 Å². The Bertz CT molecular complexity index is 1260. The molecule has 0 radical (unpaired) electrons. The lowest BCUT2D eigenvalue weighted by Gasteiger charge is -2.38. The molecule has 1 aliphatic rings. The predicted molar refractivity (Wildman–Crippen MR) is 130 cm³/mol. The van der Waals surface area contributed by atoms with Crippen LogP contribution < -0.4 is 14.2 Å². The summed E-state index contributed by atoms with van der Waals surface area (Å²) in [4.78, 5) is 15.0. The predicted octanol–water partition coefficient (Wildman–Crippen LogP) is 5.01. The van der Waals surface area contributed by atoms with Crippen molar-refractivity contribution in [3.63, 3.8) is 0 Å². The molecule has 172 valence electrons. The van der Waals surface area contributed by atoms with Crippen LogP contribution in [0.4, 0.5) is 0 Å². The molecule has 0 bridgehead atoms. The third-order valence-corrected chi connectivity index (χ3v) is 6.45. The maximum Gasteiger partial charge on any atom is 0.288 e. The number of rotatable bonds is 7. The van der Waals surface area contributed by atoms with Crippen molar-refractivity contribution in [3.8, 4) is 17.2 Å². The van der Waals surface area contributed by atoms with Crippen molar-refractivity contribution in [2.75, 3.05) is 28.4 Å². The number of fused-ring (bicyclic) bond motifs is 6. The zero-order chi connectivity index (χ0) is 23.7. The fraction of sp³-hybridized carbons (Fsp3) is 0.296. The summed E-state index contributed by atoms with van der Waals surface area (Å²) in [6.07, 6.45) is 3.19. The number of carbonyl (C=O) groups is 1. The van der Waals surface area contributed by atoms with Gasteiger partial charge in [0.1, 0.15) is 5.75 Å². The van der Waals surface area contributed by atoms with Gasteiger partial charge in [-0.2, -0.15) is 0 Å². The van der Waals surface area contributed by atoms with Gasteiger partial charge in [0.2, 0.25) is 0 Å². The number of carbonyl (C=O) groups excluding carboxylic acids is 1. The third kappa shape index (κ3) is 3.75. The largest absolute Gasteiger partial charge is 0.497 e. The first-order valence-corrected chi connectivity index (χ1v) is 10.8. The summed E-state index contributed by atoms with van der Waals surface area (Å²) >= 11 is 0. The van der Waals surface area contributed by atoms with E-state index in [2.05, 4.69) is 19.2 Å². The Kier molecular flexibility index (Phi) is 6.18. The lowest BCUT2D eigenvalue weighted by atomic mass is 9.84. The second kappa shape index (κ2) is 9.06. The zero-order valence-corrected chi connectivity index (χ0v) is 19.6. The van der Waals surface area contributed by atoms with Crippen LogP contribution in [0, 0.1) is 0 Å². The smallest absolute Gasteiger partial charge is 0.288 e. The summed E-state index contributed by atoms with van der Waals surface area (Å²) in [6, 6.07) is 10.0. The van der Waals surface area contributed by atoms with Crippen molar-refractivity contribution in [1.29, 1.82) is 0 Å². The van der Waals surface area contributed by atoms with Gasteiger partial charge in [0.15, 0.2) is 17.3 Å². The molecule has 1 atom stereocenters. The number of hydrogen-bond acceptors (Lipinski definition) is 5. The lowest BCUT2D eigenvalue weighted by Crippen LogP contribution is -2.45. The maximum atomic E-state index is 13.1. The third-order valence-electron chi connectivity index (χ3n) is 6.45. The van der Waals surface area contributed by atoms with Crippen molar-refractivity contribution in [2.45, 2.75) is 25.4 Å². The zero-order valence-electron chi connectivity index (χ0n) is 19.6. The van der Waals surface area contributed by atoms with Gasteiger partial charge >= 0.3 is 0 Å². The quantitative estimate of drug-likeness (QED) is 0.221. The summed E-state index contributed by atoms with van der Waals surface area (Å²) < 4.78 is 21.9. The number of benzene rings is 3. The monoisotopic (exact) mass is 447 g/mol. The molecule has 6 nitrogen and oxygen atoms in total. The van der Waals surface area contributed by atoms with Crippen molar-refractivity contribution < 1.29 is 23.7 Å². The molecule has 1 aliphatic heterocycles. The van der Waals surface area contributed by atoms with Crippen molar-refractivity contribution in [3.05, 3.63) is 66.5 Å². The van der Waals surface area contributed by atoms with Crippen LogP contribution in [0.1, 0.15) is 17.5 Å². The van der Waals surface area contributed by atoms with E-state index in [0.717, 1.165) is 32.9 Å². The van der Waals surface area contributed by atoms with Gasteiger partial charge in [0.25, 0.3) is 5.91 Å². The highest BCUT2D eigenvalue weighted by Gasteiger charge is 2.33.